The van der Waals surface area contributed by atoms with E-state index in [1.54, 1.807) is 12.1 Å². The fraction of sp³-hybridized carbons (Fsp3) is 0.400. The summed E-state index contributed by atoms with van der Waals surface area (Å²) in [6, 6.07) is 21.4. The monoisotopic (exact) mass is 572 g/mol. The van der Waals surface area contributed by atoms with Gasteiger partial charge < -0.3 is 19.9 Å². The highest BCUT2D eigenvalue weighted by molar-refractivity contribution is 5.99. The van der Waals surface area contributed by atoms with Crippen LogP contribution in [0.4, 0.5) is 0 Å². The third-order valence-corrected chi connectivity index (χ3v) is 6.67. The second-order valence-corrected chi connectivity index (χ2v) is 12.3. The van der Waals surface area contributed by atoms with Gasteiger partial charge in [0.05, 0.1) is 6.42 Å². The normalized spacial score (nSPS) is 12.2. The number of rotatable bonds is 12. The van der Waals surface area contributed by atoms with E-state index in [0.717, 1.165) is 23.1 Å². The lowest BCUT2D eigenvalue weighted by Gasteiger charge is -2.25. The number of carbonyl (C=O) groups is 2. The first-order valence-corrected chi connectivity index (χ1v) is 14.5. The molecule has 0 aromatic heterocycles. The molecule has 0 heterocycles. The van der Waals surface area contributed by atoms with Gasteiger partial charge in [-0.2, -0.15) is 0 Å². The highest BCUT2D eigenvalue weighted by atomic mass is 16.5. The summed E-state index contributed by atoms with van der Waals surface area (Å²) in [6.45, 7) is 14.4. The Morgan fingerprint density at radius 1 is 0.905 bits per heavy atom. The van der Waals surface area contributed by atoms with Crippen molar-refractivity contribution in [3.63, 3.8) is 0 Å². The Morgan fingerprint density at radius 3 is 2.07 bits per heavy atom. The van der Waals surface area contributed by atoms with Crippen LogP contribution >= 0.6 is 0 Å². The zero-order valence-electron chi connectivity index (χ0n) is 25.8. The van der Waals surface area contributed by atoms with Crippen LogP contribution in [0.2, 0.25) is 0 Å². The van der Waals surface area contributed by atoms with Crippen molar-refractivity contribution in [2.75, 3.05) is 6.54 Å². The van der Waals surface area contributed by atoms with Crippen LogP contribution in [0, 0.1) is 11.3 Å². The highest BCUT2D eigenvalue weighted by Gasteiger charge is 2.22. The van der Waals surface area contributed by atoms with E-state index in [-0.39, 0.29) is 30.9 Å². The van der Waals surface area contributed by atoms with Crippen LogP contribution in [0.5, 0.6) is 5.75 Å². The molecule has 3 rings (SSSR count). The summed E-state index contributed by atoms with van der Waals surface area (Å²) in [5, 5.41) is 20.3. The van der Waals surface area contributed by atoms with Crippen molar-refractivity contribution in [3.05, 3.63) is 89.0 Å². The van der Waals surface area contributed by atoms with Crippen LogP contribution in [0.1, 0.15) is 100 Å². The number of nitrogens with one attached hydrogen (secondary N) is 2. The molecule has 0 saturated carbocycles. The average molecular weight is 573 g/mol. The largest absolute Gasteiger partial charge is 0.486 e. The summed E-state index contributed by atoms with van der Waals surface area (Å²) in [4.78, 5) is 23.1. The molecule has 224 valence electrons. The molecule has 0 aliphatic rings. The predicted molar refractivity (Wildman–Crippen MR) is 167 cm³/mol. The molecule has 0 bridgehead atoms. The maximum absolute atomic E-state index is 12.4. The minimum atomic E-state index is -0.959. The maximum atomic E-state index is 12.4. The Kier molecular flexibility index (Phi) is 10.9. The van der Waals surface area contributed by atoms with Gasteiger partial charge in [0.15, 0.2) is 0 Å². The smallest absolute Gasteiger partial charge is 0.305 e. The van der Waals surface area contributed by atoms with Gasteiger partial charge >= 0.3 is 5.97 Å². The van der Waals surface area contributed by atoms with Crippen molar-refractivity contribution in [3.8, 4) is 16.9 Å². The van der Waals surface area contributed by atoms with Gasteiger partial charge in [-0.3, -0.25) is 15.0 Å². The summed E-state index contributed by atoms with van der Waals surface area (Å²) in [5.41, 5.74) is 4.63. The van der Waals surface area contributed by atoms with Gasteiger partial charge in [-0.25, -0.2) is 0 Å². The quantitative estimate of drug-likeness (QED) is 0.151. The highest BCUT2D eigenvalue weighted by Crippen LogP contribution is 2.34. The molecule has 0 aliphatic heterocycles. The van der Waals surface area contributed by atoms with Crippen molar-refractivity contribution in [2.24, 2.45) is 5.92 Å². The number of hydrogen-bond donors (Lipinski definition) is 3. The van der Waals surface area contributed by atoms with Crippen LogP contribution in [-0.2, 0) is 9.53 Å². The number of ether oxygens (including phenoxy) is 2. The number of carboxylic acid groups (broad SMARTS) is 1. The summed E-state index contributed by atoms with van der Waals surface area (Å²) in [7, 11) is 0. The summed E-state index contributed by atoms with van der Waals surface area (Å²) in [6.07, 6.45) is 0.334. The summed E-state index contributed by atoms with van der Waals surface area (Å²) >= 11 is 0. The zero-order valence-corrected chi connectivity index (χ0v) is 25.8. The molecule has 3 aromatic rings. The molecule has 1 unspecified atom stereocenters. The van der Waals surface area contributed by atoms with Crippen LogP contribution in [-0.4, -0.2) is 35.0 Å². The number of amides is 1. The molecule has 1 amide bonds. The molecule has 1 atom stereocenters. The molecule has 0 spiro atoms. The van der Waals surface area contributed by atoms with Gasteiger partial charge in [-0.15, -0.1) is 0 Å². The van der Waals surface area contributed by atoms with Crippen molar-refractivity contribution in [1.29, 1.82) is 5.41 Å². The van der Waals surface area contributed by atoms with Crippen LogP contribution in [0.25, 0.3) is 11.1 Å². The Labute approximate surface area is 249 Å². The lowest BCUT2D eigenvalue weighted by molar-refractivity contribution is -0.136. The van der Waals surface area contributed by atoms with E-state index in [2.05, 4.69) is 57.3 Å². The Balaban J connectivity index is 1.92. The number of benzene rings is 3. The van der Waals surface area contributed by atoms with E-state index in [0.29, 0.717) is 28.7 Å². The maximum Gasteiger partial charge on any atom is 0.305 e. The van der Waals surface area contributed by atoms with E-state index < -0.39 is 11.6 Å². The minimum Gasteiger partial charge on any atom is -0.486 e. The molecule has 3 aromatic carbocycles. The van der Waals surface area contributed by atoms with Gasteiger partial charge in [0.2, 0.25) is 5.90 Å². The predicted octanol–water partition coefficient (Wildman–Crippen LogP) is 7.99. The average Bonchev–Trinajstić information content (AvgIpc) is 2.91. The molecule has 0 aliphatic carbocycles. The number of carbonyl (C=O) groups excluding carboxylic acids is 1. The standard InChI is InChI=1S/C35H44N2O5/c1-22(2)20-31(26-12-14-27(15-13-26)34(40)37-19-18-32(38)39)41-28-16-17-29(25-10-8-24(9-11-25)23(3)4)30(21-28)33(36)42-35(5,6)7/h8-17,21-23,31,36H,18-20H2,1-7H3,(H,37,40)(H,38,39). The Morgan fingerprint density at radius 2 is 1.52 bits per heavy atom. The molecule has 42 heavy (non-hydrogen) atoms. The molecular weight excluding hydrogens is 528 g/mol. The van der Waals surface area contributed by atoms with Crippen molar-refractivity contribution >= 4 is 17.8 Å². The number of hydrogen-bond acceptors (Lipinski definition) is 5. The lowest BCUT2D eigenvalue weighted by atomic mass is 9.95. The molecule has 3 N–H and O–H groups in total. The molecule has 0 saturated heterocycles. The SMILES string of the molecule is CC(C)CC(Oc1ccc(-c2ccc(C(C)C)cc2)c(C(=N)OC(C)(C)C)c1)c1ccc(C(=O)NCCC(=O)O)cc1. The molecule has 0 fully saturated rings. The van der Waals surface area contributed by atoms with Crippen molar-refractivity contribution < 1.29 is 24.2 Å². The summed E-state index contributed by atoms with van der Waals surface area (Å²) in [5.74, 6) is 0.193. The number of carboxylic acids is 1. The van der Waals surface area contributed by atoms with Crippen LogP contribution in [0.3, 0.4) is 0 Å². The number of aliphatic carboxylic acids is 1. The first kappa shape index (κ1) is 32.4. The third kappa shape index (κ3) is 9.47. The van der Waals surface area contributed by atoms with E-state index in [1.165, 1.54) is 5.56 Å². The lowest BCUT2D eigenvalue weighted by Crippen LogP contribution is -2.26. The van der Waals surface area contributed by atoms with E-state index in [1.807, 2.05) is 51.1 Å². The first-order valence-electron chi connectivity index (χ1n) is 14.5. The van der Waals surface area contributed by atoms with Gasteiger partial charge in [0, 0.05) is 17.7 Å². The van der Waals surface area contributed by atoms with Crippen molar-refractivity contribution in [1.82, 2.24) is 5.32 Å². The molecule has 0 radical (unpaired) electrons. The van der Waals surface area contributed by atoms with E-state index >= 15 is 0 Å². The van der Waals surface area contributed by atoms with Gasteiger partial charge in [-0.05, 0) is 91.6 Å². The van der Waals surface area contributed by atoms with E-state index in [9.17, 15) is 9.59 Å². The zero-order chi connectivity index (χ0) is 31.0. The topological polar surface area (TPSA) is 109 Å². The van der Waals surface area contributed by atoms with Crippen LogP contribution in [0.15, 0.2) is 66.7 Å². The first-order chi connectivity index (χ1) is 19.7. The second-order valence-electron chi connectivity index (χ2n) is 12.3. The third-order valence-electron chi connectivity index (χ3n) is 6.67. The molecule has 7 heteroatoms. The fourth-order valence-electron chi connectivity index (χ4n) is 4.52. The van der Waals surface area contributed by atoms with Crippen molar-refractivity contribution in [2.45, 2.75) is 78.9 Å². The minimum absolute atomic E-state index is 0.0726. The Hall–Kier alpha value is -4.13. The van der Waals surface area contributed by atoms with Gasteiger partial charge in [-0.1, -0.05) is 64.1 Å². The van der Waals surface area contributed by atoms with E-state index in [4.69, 9.17) is 20.0 Å². The van der Waals surface area contributed by atoms with Gasteiger partial charge in [0.1, 0.15) is 17.5 Å². The van der Waals surface area contributed by atoms with Crippen LogP contribution < -0.4 is 10.1 Å². The second kappa shape index (κ2) is 14.2. The van der Waals surface area contributed by atoms with Gasteiger partial charge in [0.25, 0.3) is 5.91 Å². The Bertz CT molecular complexity index is 1370. The molecular formula is C35H44N2O5. The summed E-state index contributed by atoms with van der Waals surface area (Å²) < 4.78 is 12.5. The molecule has 7 nitrogen and oxygen atoms in total. The fourth-order valence-corrected chi connectivity index (χ4v) is 4.52.